The van der Waals surface area contributed by atoms with Crippen molar-refractivity contribution in [1.29, 1.82) is 0 Å². The summed E-state index contributed by atoms with van der Waals surface area (Å²) in [7, 11) is 0. The standard InChI is InChI=1S/C28H43NO10/c1-8-18(6)11-24(30)37-19(7)12-21(25(29)26(31)32)20-9-10-22(38-27(33)35-14-16(2)3)23(13-20)39-28(34)36-15-17(4)5/h9-10,13,16-19,21,25H,8,11-12,14-15,29H2,1-7H3,(H,31,32)/t18?,19?,21?,25-/m0/s1. The minimum absolute atomic E-state index is 0.0491. The van der Waals surface area contributed by atoms with Gasteiger partial charge >= 0.3 is 24.2 Å². The molecule has 1 rings (SSSR count). The van der Waals surface area contributed by atoms with Gasteiger partial charge in [-0.3, -0.25) is 9.59 Å². The molecule has 4 atom stereocenters. The van der Waals surface area contributed by atoms with E-state index < -0.39 is 36.3 Å². The molecule has 0 fully saturated rings. The molecule has 0 aliphatic rings. The molecule has 0 aromatic heterocycles. The summed E-state index contributed by atoms with van der Waals surface area (Å²) in [5, 5.41) is 9.65. The number of hydrogen-bond acceptors (Lipinski definition) is 10. The number of esters is 1. The fraction of sp³-hybridized carbons (Fsp3) is 0.643. The molecule has 1 aromatic carbocycles. The molecule has 220 valence electrons. The molecule has 3 unspecified atom stereocenters. The Hall–Kier alpha value is -3.34. The summed E-state index contributed by atoms with van der Waals surface area (Å²) in [5.74, 6) is -2.55. The van der Waals surface area contributed by atoms with Gasteiger partial charge in [-0.1, -0.05) is 54.0 Å². The summed E-state index contributed by atoms with van der Waals surface area (Å²) in [4.78, 5) is 48.6. The van der Waals surface area contributed by atoms with E-state index >= 15 is 0 Å². The zero-order valence-corrected chi connectivity index (χ0v) is 23.9. The number of nitrogens with two attached hydrogens (primary N) is 1. The van der Waals surface area contributed by atoms with Crippen molar-refractivity contribution in [2.75, 3.05) is 13.2 Å². The highest BCUT2D eigenvalue weighted by molar-refractivity contribution is 5.75. The number of benzene rings is 1. The Morgan fingerprint density at radius 2 is 1.41 bits per heavy atom. The summed E-state index contributed by atoms with van der Waals surface area (Å²) in [5.41, 5.74) is 6.38. The summed E-state index contributed by atoms with van der Waals surface area (Å²) >= 11 is 0. The monoisotopic (exact) mass is 553 g/mol. The molecule has 0 bridgehead atoms. The second-order valence-corrected chi connectivity index (χ2v) is 10.5. The Labute approximate surface area is 230 Å². The molecular formula is C28H43NO10. The predicted molar refractivity (Wildman–Crippen MR) is 143 cm³/mol. The number of aliphatic carboxylic acids is 1. The fourth-order valence-corrected chi connectivity index (χ4v) is 3.40. The van der Waals surface area contributed by atoms with E-state index in [1.165, 1.54) is 18.2 Å². The summed E-state index contributed by atoms with van der Waals surface area (Å²) in [6, 6.07) is 2.82. The van der Waals surface area contributed by atoms with Crippen molar-refractivity contribution in [2.24, 2.45) is 23.5 Å². The molecule has 1 aromatic rings. The first kappa shape index (κ1) is 33.7. The zero-order valence-electron chi connectivity index (χ0n) is 23.9. The van der Waals surface area contributed by atoms with E-state index in [0.717, 1.165) is 6.42 Å². The van der Waals surface area contributed by atoms with Gasteiger partial charge in [-0.25, -0.2) is 9.59 Å². The number of carboxylic acid groups (broad SMARTS) is 1. The third-order valence-corrected chi connectivity index (χ3v) is 5.70. The normalized spacial score (nSPS) is 14.2. The van der Waals surface area contributed by atoms with E-state index in [9.17, 15) is 24.3 Å². The minimum Gasteiger partial charge on any atom is -0.480 e. The van der Waals surface area contributed by atoms with Crippen LogP contribution in [-0.2, 0) is 23.8 Å². The van der Waals surface area contributed by atoms with Crippen LogP contribution in [0.4, 0.5) is 9.59 Å². The third kappa shape index (κ3) is 12.8. The summed E-state index contributed by atoms with van der Waals surface area (Å²) in [6.45, 7) is 13.2. The number of carbonyl (C=O) groups is 4. The number of rotatable bonds is 15. The van der Waals surface area contributed by atoms with Gasteiger partial charge in [0.15, 0.2) is 11.5 Å². The van der Waals surface area contributed by atoms with Gasteiger partial charge in [0.05, 0.1) is 19.3 Å². The van der Waals surface area contributed by atoms with Crippen molar-refractivity contribution in [3.8, 4) is 11.5 Å². The highest BCUT2D eigenvalue weighted by Crippen LogP contribution is 2.35. The maximum atomic E-state index is 12.3. The van der Waals surface area contributed by atoms with Crippen LogP contribution >= 0.6 is 0 Å². The van der Waals surface area contributed by atoms with Crippen molar-refractivity contribution in [1.82, 2.24) is 0 Å². The number of carbonyl (C=O) groups excluding carboxylic acids is 3. The molecule has 0 spiro atoms. The molecule has 0 radical (unpaired) electrons. The fourth-order valence-electron chi connectivity index (χ4n) is 3.40. The van der Waals surface area contributed by atoms with Gasteiger partial charge < -0.3 is 34.5 Å². The highest BCUT2D eigenvalue weighted by Gasteiger charge is 2.30. The molecule has 0 saturated carbocycles. The first-order chi connectivity index (χ1) is 18.2. The van der Waals surface area contributed by atoms with Gasteiger partial charge in [0.1, 0.15) is 6.04 Å². The lowest BCUT2D eigenvalue weighted by Crippen LogP contribution is -2.38. The van der Waals surface area contributed by atoms with Crippen LogP contribution in [0.3, 0.4) is 0 Å². The SMILES string of the molecule is CCC(C)CC(=O)OC(C)CC(c1ccc(OC(=O)OCC(C)C)c(OC(=O)OCC(C)C)c1)[C@H](N)C(=O)O. The van der Waals surface area contributed by atoms with Gasteiger partial charge in [-0.05, 0) is 48.8 Å². The van der Waals surface area contributed by atoms with Crippen LogP contribution < -0.4 is 15.2 Å². The van der Waals surface area contributed by atoms with Gasteiger partial charge in [0.2, 0.25) is 0 Å². The van der Waals surface area contributed by atoms with E-state index in [0.29, 0.717) is 5.56 Å². The van der Waals surface area contributed by atoms with Gasteiger partial charge in [-0.2, -0.15) is 0 Å². The second kappa shape index (κ2) is 16.6. The lowest BCUT2D eigenvalue weighted by molar-refractivity contribution is -0.149. The van der Waals surface area contributed by atoms with Crippen molar-refractivity contribution in [3.05, 3.63) is 23.8 Å². The Kier molecular flexibility index (Phi) is 14.3. The molecule has 0 heterocycles. The van der Waals surface area contributed by atoms with Crippen molar-refractivity contribution in [2.45, 2.75) is 85.8 Å². The van der Waals surface area contributed by atoms with Crippen LogP contribution in [0, 0.1) is 17.8 Å². The van der Waals surface area contributed by atoms with E-state index in [1.54, 1.807) is 6.92 Å². The number of hydrogen-bond donors (Lipinski definition) is 2. The molecule has 3 N–H and O–H groups in total. The minimum atomic E-state index is -1.37. The predicted octanol–water partition coefficient (Wildman–Crippen LogP) is 5.28. The largest absolute Gasteiger partial charge is 0.513 e. The molecule has 39 heavy (non-hydrogen) atoms. The quantitative estimate of drug-likeness (QED) is 0.165. The number of ether oxygens (including phenoxy) is 5. The van der Waals surface area contributed by atoms with Gasteiger partial charge in [0.25, 0.3) is 0 Å². The highest BCUT2D eigenvalue weighted by atomic mass is 16.7. The summed E-state index contributed by atoms with van der Waals surface area (Å²) < 4.78 is 26.2. The van der Waals surface area contributed by atoms with Crippen LogP contribution in [0.5, 0.6) is 11.5 Å². The zero-order chi connectivity index (χ0) is 29.7. The Morgan fingerprint density at radius 3 is 1.90 bits per heavy atom. The van der Waals surface area contributed by atoms with Gasteiger partial charge in [-0.15, -0.1) is 0 Å². The van der Waals surface area contributed by atoms with E-state index in [-0.39, 0.29) is 61.3 Å². The lowest BCUT2D eigenvalue weighted by Gasteiger charge is -2.25. The third-order valence-electron chi connectivity index (χ3n) is 5.70. The van der Waals surface area contributed by atoms with E-state index in [1.807, 2.05) is 41.5 Å². The maximum Gasteiger partial charge on any atom is 0.513 e. The lowest BCUT2D eigenvalue weighted by atomic mass is 9.87. The molecule has 11 nitrogen and oxygen atoms in total. The topological polar surface area (TPSA) is 161 Å². The molecule has 11 heteroatoms. The van der Waals surface area contributed by atoms with Gasteiger partial charge in [0, 0.05) is 12.3 Å². The second-order valence-electron chi connectivity index (χ2n) is 10.5. The smallest absolute Gasteiger partial charge is 0.480 e. The molecule has 0 aliphatic carbocycles. The van der Waals surface area contributed by atoms with Crippen molar-refractivity contribution in [3.63, 3.8) is 0 Å². The van der Waals surface area contributed by atoms with Crippen LogP contribution in [0.1, 0.15) is 79.2 Å². The van der Waals surface area contributed by atoms with Crippen LogP contribution in [0.25, 0.3) is 0 Å². The molecule has 0 aliphatic heterocycles. The Bertz CT molecular complexity index is 962. The van der Waals surface area contributed by atoms with E-state index in [4.69, 9.17) is 29.4 Å². The van der Waals surface area contributed by atoms with Crippen LogP contribution in [0.15, 0.2) is 18.2 Å². The summed E-state index contributed by atoms with van der Waals surface area (Å²) in [6.07, 6.45) is -1.55. The first-order valence-corrected chi connectivity index (χ1v) is 13.2. The number of carboxylic acids is 1. The van der Waals surface area contributed by atoms with Crippen LogP contribution in [0.2, 0.25) is 0 Å². The maximum absolute atomic E-state index is 12.3. The van der Waals surface area contributed by atoms with E-state index in [2.05, 4.69) is 0 Å². The molecule has 0 amide bonds. The van der Waals surface area contributed by atoms with Crippen LogP contribution in [-0.4, -0.2) is 54.7 Å². The Morgan fingerprint density at radius 1 is 0.872 bits per heavy atom. The van der Waals surface area contributed by atoms with Crippen molar-refractivity contribution < 1.29 is 48.0 Å². The molecular weight excluding hydrogens is 510 g/mol. The average Bonchev–Trinajstić information content (AvgIpc) is 2.85. The average molecular weight is 554 g/mol. The van der Waals surface area contributed by atoms with Crippen molar-refractivity contribution >= 4 is 24.2 Å². The Balaban J connectivity index is 3.28. The molecule has 0 saturated heterocycles. The first-order valence-electron chi connectivity index (χ1n) is 13.2.